The van der Waals surface area contributed by atoms with Crippen molar-refractivity contribution in [3.8, 4) is 0 Å². The first-order valence-corrected chi connectivity index (χ1v) is 11.1. The molecule has 2 heteroatoms. The normalized spacial score (nSPS) is 13.6. The van der Waals surface area contributed by atoms with Crippen LogP contribution >= 0.6 is 0 Å². The highest BCUT2D eigenvalue weighted by Gasteiger charge is 2.03. The van der Waals surface area contributed by atoms with Crippen molar-refractivity contribution in [3.63, 3.8) is 0 Å². The number of hydrogen-bond donors (Lipinski definition) is 0. The third-order valence-corrected chi connectivity index (χ3v) is 5.94. The maximum Gasteiger partial charge on any atom is 0.0568 e. The van der Waals surface area contributed by atoms with E-state index in [2.05, 4.69) is 64.1 Å². The van der Waals surface area contributed by atoms with Crippen LogP contribution in [0.25, 0.3) is 10.8 Å². The minimum absolute atomic E-state index is 0.591. The van der Waals surface area contributed by atoms with Crippen LogP contribution in [0.15, 0.2) is 82.3 Å². The van der Waals surface area contributed by atoms with Crippen molar-refractivity contribution in [3.05, 3.63) is 77.4 Å². The largest absolute Gasteiger partial charge is 0.254 e. The van der Waals surface area contributed by atoms with Crippen molar-refractivity contribution >= 4 is 21.6 Å². The Bertz CT molecular complexity index is 867. The number of fused-ring (bicyclic) bond motifs is 1. The fourth-order valence-corrected chi connectivity index (χ4v) is 4.07. The van der Waals surface area contributed by atoms with E-state index in [1.54, 1.807) is 0 Å². The summed E-state index contributed by atoms with van der Waals surface area (Å²) < 4.78 is 12.6. The van der Waals surface area contributed by atoms with Gasteiger partial charge in [-0.25, -0.2) is 0 Å². The first-order chi connectivity index (χ1) is 13.0. The lowest BCUT2D eigenvalue weighted by atomic mass is 10.1. The SMILES string of the molecule is CC(C)=CCCC(C)=CCCC(C)=CCS(=O)c1ccc2ccccc2c1. The van der Waals surface area contributed by atoms with Gasteiger partial charge in [0.25, 0.3) is 0 Å². The van der Waals surface area contributed by atoms with Gasteiger partial charge in [-0.15, -0.1) is 0 Å². The number of benzene rings is 2. The predicted molar refractivity (Wildman–Crippen MR) is 121 cm³/mol. The molecule has 144 valence electrons. The molecule has 0 radical (unpaired) electrons. The van der Waals surface area contributed by atoms with E-state index in [9.17, 15) is 4.21 Å². The van der Waals surface area contributed by atoms with Crippen LogP contribution in [-0.4, -0.2) is 9.96 Å². The second-order valence-corrected chi connectivity index (χ2v) is 8.98. The summed E-state index contributed by atoms with van der Waals surface area (Å²) in [7, 11) is -0.981. The highest BCUT2D eigenvalue weighted by Crippen LogP contribution is 2.18. The molecule has 0 bridgehead atoms. The molecule has 0 aromatic heterocycles. The molecule has 0 aliphatic heterocycles. The summed E-state index contributed by atoms with van der Waals surface area (Å²) in [6.07, 6.45) is 11.1. The van der Waals surface area contributed by atoms with E-state index in [0.29, 0.717) is 5.75 Å². The lowest BCUT2D eigenvalue weighted by Gasteiger charge is -2.04. The Labute approximate surface area is 167 Å². The van der Waals surface area contributed by atoms with Gasteiger partial charge in [0.1, 0.15) is 0 Å². The second kappa shape index (κ2) is 11.0. The predicted octanol–water partition coefficient (Wildman–Crippen LogP) is 7.37. The first kappa shape index (κ1) is 21.4. The molecule has 0 spiro atoms. The molecule has 0 saturated carbocycles. The summed E-state index contributed by atoms with van der Waals surface area (Å²) in [5.74, 6) is 0.591. The van der Waals surface area contributed by atoms with Crippen LogP contribution in [0.3, 0.4) is 0 Å². The fraction of sp³-hybridized carbons (Fsp3) is 0.360. The van der Waals surface area contributed by atoms with Crippen molar-refractivity contribution in [1.82, 2.24) is 0 Å². The van der Waals surface area contributed by atoms with Crippen molar-refractivity contribution < 1.29 is 4.21 Å². The quantitative estimate of drug-likeness (QED) is 0.415. The number of allylic oxidation sites excluding steroid dienone is 5. The van der Waals surface area contributed by atoms with Crippen molar-refractivity contribution in [2.45, 2.75) is 58.3 Å². The Kier molecular flexibility index (Phi) is 8.74. The first-order valence-electron chi connectivity index (χ1n) is 9.77. The van der Waals surface area contributed by atoms with Crippen LogP contribution in [0.1, 0.15) is 53.4 Å². The molecule has 1 atom stereocenters. The molecule has 0 saturated heterocycles. The topological polar surface area (TPSA) is 17.1 Å². The van der Waals surface area contributed by atoms with Gasteiger partial charge in [0.2, 0.25) is 0 Å². The Morgan fingerprint density at radius 3 is 2.15 bits per heavy atom. The van der Waals surface area contributed by atoms with Gasteiger partial charge in [-0.3, -0.25) is 4.21 Å². The van der Waals surface area contributed by atoms with Crippen LogP contribution in [0.2, 0.25) is 0 Å². The zero-order chi connectivity index (χ0) is 19.6. The zero-order valence-electron chi connectivity index (χ0n) is 17.1. The number of hydrogen-bond acceptors (Lipinski definition) is 1. The van der Waals surface area contributed by atoms with Crippen molar-refractivity contribution in [2.24, 2.45) is 0 Å². The highest BCUT2D eigenvalue weighted by atomic mass is 32.2. The number of rotatable bonds is 9. The molecule has 1 nitrogen and oxygen atoms in total. The van der Waals surface area contributed by atoms with E-state index >= 15 is 0 Å². The lowest BCUT2D eigenvalue weighted by molar-refractivity contribution is 0.685. The van der Waals surface area contributed by atoms with E-state index in [1.807, 2.05) is 24.3 Å². The molecule has 2 rings (SSSR count). The Morgan fingerprint density at radius 1 is 0.815 bits per heavy atom. The van der Waals surface area contributed by atoms with Gasteiger partial charge < -0.3 is 0 Å². The second-order valence-electron chi connectivity index (χ2n) is 7.48. The summed E-state index contributed by atoms with van der Waals surface area (Å²) in [6.45, 7) is 8.65. The standard InChI is InChI=1S/C25H32OS/c1-20(2)9-7-10-21(3)11-8-12-22(4)17-18-27(26)25-16-15-23-13-5-6-14-24(23)19-25/h5-6,9,11,13-17,19H,7-8,10,12,18H2,1-4H3. The van der Waals surface area contributed by atoms with Gasteiger partial charge >= 0.3 is 0 Å². The fourth-order valence-electron chi connectivity index (χ4n) is 2.96. The van der Waals surface area contributed by atoms with Gasteiger partial charge in [0.05, 0.1) is 10.8 Å². The monoisotopic (exact) mass is 380 g/mol. The van der Waals surface area contributed by atoms with Crippen molar-refractivity contribution in [1.29, 1.82) is 0 Å². The molecule has 0 amide bonds. The third-order valence-electron chi connectivity index (χ3n) is 4.69. The van der Waals surface area contributed by atoms with Crippen LogP contribution in [0.4, 0.5) is 0 Å². The molecule has 0 heterocycles. The van der Waals surface area contributed by atoms with Gasteiger partial charge in [-0.2, -0.15) is 0 Å². The molecule has 2 aromatic carbocycles. The molecule has 0 fully saturated rings. The van der Waals surface area contributed by atoms with E-state index in [4.69, 9.17) is 0 Å². The van der Waals surface area contributed by atoms with Crippen LogP contribution < -0.4 is 0 Å². The molecule has 1 unspecified atom stereocenters. The maximum absolute atomic E-state index is 12.6. The zero-order valence-corrected chi connectivity index (χ0v) is 17.9. The Balaban J connectivity index is 1.83. The van der Waals surface area contributed by atoms with Gasteiger partial charge in [-0.1, -0.05) is 65.3 Å². The average molecular weight is 381 g/mol. The minimum atomic E-state index is -0.981. The molecule has 0 aliphatic carbocycles. The van der Waals surface area contributed by atoms with E-state index < -0.39 is 10.8 Å². The van der Waals surface area contributed by atoms with Gasteiger partial charge in [0, 0.05) is 10.6 Å². The van der Waals surface area contributed by atoms with E-state index in [-0.39, 0.29) is 0 Å². The highest BCUT2D eigenvalue weighted by molar-refractivity contribution is 7.85. The van der Waals surface area contributed by atoms with Gasteiger partial charge in [0.15, 0.2) is 0 Å². The maximum atomic E-state index is 12.6. The minimum Gasteiger partial charge on any atom is -0.254 e. The van der Waals surface area contributed by atoms with Gasteiger partial charge in [-0.05, 0) is 76.3 Å². The van der Waals surface area contributed by atoms with Crippen LogP contribution in [0, 0.1) is 0 Å². The molecule has 27 heavy (non-hydrogen) atoms. The molecule has 2 aromatic rings. The van der Waals surface area contributed by atoms with Crippen LogP contribution in [-0.2, 0) is 10.8 Å². The smallest absolute Gasteiger partial charge is 0.0568 e. The Hall–Kier alpha value is -1.93. The molecular formula is C25H32OS. The summed E-state index contributed by atoms with van der Waals surface area (Å²) in [6, 6.07) is 14.3. The summed E-state index contributed by atoms with van der Waals surface area (Å²) in [4.78, 5) is 0.910. The lowest BCUT2D eigenvalue weighted by Crippen LogP contribution is -1.96. The Morgan fingerprint density at radius 2 is 1.44 bits per heavy atom. The summed E-state index contributed by atoms with van der Waals surface area (Å²) in [5.41, 5.74) is 4.17. The third kappa shape index (κ3) is 7.68. The summed E-state index contributed by atoms with van der Waals surface area (Å²) >= 11 is 0. The molecule has 0 N–H and O–H groups in total. The van der Waals surface area contributed by atoms with Crippen LogP contribution in [0.5, 0.6) is 0 Å². The van der Waals surface area contributed by atoms with Crippen molar-refractivity contribution in [2.75, 3.05) is 5.75 Å². The summed E-state index contributed by atoms with van der Waals surface area (Å²) in [5, 5.41) is 2.34. The average Bonchev–Trinajstić information content (AvgIpc) is 2.65. The van der Waals surface area contributed by atoms with E-state index in [0.717, 1.165) is 36.0 Å². The van der Waals surface area contributed by atoms with E-state index in [1.165, 1.54) is 22.1 Å². The molecular weight excluding hydrogens is 348 g/mol. The molecule has 0 aliphatic rings.